The Labute approximate surface area is 112 Å². The quantitative estimate of drug-likeness (QED) is 0.485. The first-order chi connectivity index (χ1) is 9.17. The number of anilines is 1. The third-order valence-corrected chi connectivity index (χ3v) is 3.79. The lowest BCUT2D eigenvalue weighted by molar-refractivity contribution is -0.117. The van der Waals surface area contributed by atoms with Gasteiger partial charge in [-0.05, 0) is 0 Å². The molecule has 0 saturated carbocycles. The maximum Gasteiger partial charge on any atom is 0.302 e. The monoisotopic (exact) mass is 311 g/mol. The molecule has 20 heavy (non-hydrogen) atoms. The van der Waals surface area contributed by atoms with Crippen LogP contribution in [0.15, 0.2) is 12.1 Å². The maximum atomic E-state index is 13.1. The van der Waals surface area contributed by atoms with Crippen molar-refractivity contribution in [2.45, 2.75) is 6.42 Å². The van der Waals surface area contributed by atoms with Crippen molar-refractivity contribution in [2.75, 3.05) is 17.2 Å². The van der Waals surface area contributed by atoms with Crippen molar-refractivity contribution in [1.29, 1.82) is 0 Å². The first kappa shape index (κ1) is 14.8. The number of hydrogen-bond acceptors (Lipinski definition) is 3. The van der Waals surface area contributed by atoms with E-state index in [4.69, 9.17) is 0 Å². The molecule has 110 valence electrons. The maximum absolute atomic E-state index is 13.1. The second kappa shape index (κ2) is 5.04. The Kier molecular flexibility index (Phi) is 3.72. The number of hydrogen-bond donors (Lipinski definition) is 0. The van der Waals surface area contributed by atoms with Gasteiger partial charge in [-0.1, -0.05) is 0 Å². The summed E-state index contributed by atoms with van der Waals surface area (Å²) in [7, 11) is -4.75. The van der Waals surface area contributed by atoms with Gasteiger partial charge in [-0.3, -0.25) is 4.79 Å². The Morgan fingerprint density at radius 1 is 1.20 bits per heavy atom. The molecular weight excluding hydrogens is 302 g/mol. The van der Waals surface area contributed by atoms with Gasteiger partial charge in [0.2, 0.25) is 5.91 Å². The lowest BCUT2D eigenvalue weighted by Gasteiger charge is -2.17. The summed E-state index contributed by atoms with van der Waals surface area (Å²) in [4.78, 5) is 12.6. The van der Waals surface area contributed by atoms with Crippen molar-refractivity contribution >= 4 is 21.8 Å². The van der Waals surface area contributed by atoms with Gasteiger partial charge in [0.05, 0.1) is 5.75 Å². The van der Waals surface area contributed by atoms with Crippen LogP contribution in [0.4, 0.5) is 22.7 Å². The zero-order chi connectivity index (χ0) is 15.1. The third kappa shape index (κ3) is 3.09. The van der Waals surface area contributed by atoms with Crippen molar-refractivity contribution in [2.24, 2.45) is 5.92 Å². The summed E-state index contributed by atoms with van der Waals surface area (Å²) in [5.74, 6) is -6.86. The SMILES string of the molecule is O=C1CC(CS(=O)(=O)F)CN1c1cc(F)c(F)c(F)c1. The van der Waals surface area contributed by atoms with Crippen LogP contribution in [0.3, 0.4) is 0 Å². The summed E-state index contributed by atoms with van der Waals surface area (Å²) >= 11 is 0. The van der Waals surface area contributed by atoms with Crippen molar-refractivity contribution in [1.82, 2.24) is 0 Å². The first-order valence-electron chi connectivity index (χ1n) is 5.54. The minimum absolute atomic E-state index is 0.202. The van der Waals surface area contributed by atoms with Crippen LogP contribution in [0.2, 0.25) is 0 Å². The molecule has 0 N–H and O–H groups in total. The van der Waals surface area contributed by atoms with E-state index in [0.717, 1.165) is 4.90 Å². The predicted molar refractivity (Wildman–Crippen MR) is 61.7 cm³/mol. The van der Waals surface area contributed by atoms with Crippen molar-refractivity contribution in [3.63, 3.8) is 0 Å². The van der Waals surface area contributed by atoms with Crippen LogP contribution in [-0.2, 0) is 15.0 Å². The standard InChI is InChI=1S/C11H9F4NO3S/c12-8-2-7(3-9(13)11(8)14)16-4-6(1-10(16)17)5-20(15,18)19/h2-3,6H,1,4-5H2. The predicted octanol–water partition coefficient (Wildman–Crippen LogP) is 1.76. The molecule has 0 aromatic heterocycles. The van der Waals surface area contributed by atoms with E-state index < -0.39 is 45.3 Å². The van der Waals surface area contributed by atoms with Gasteiger partial charge in [-0.2, -0.15) is 8.42 Å². The van der Waals surface area contributed by atoms with E-state index in [-0.39, 0.29) is 18.7 Å². The number of halogens is 4. The summed E-state index contributed by atoms with van der Waals surface area (Å²) in [6.45, 7) is -0.202. The smallest absolute Gasteiger partial charge is 0.302 e. The zero-order valence-electron chi connectivity index (χ0n) is 9.95. The number of rotatable bonds is 3. The van der Waals surface area contributed by atoms with E-state index in [0.29, 0.717) is 12.1 Å². The van der Waals surface area contributed by atoms with E-state index in [1.165, 1.54) is 0 Å². The average Bonchev–Trinajstić information content (AvgIpc) is 2.63. The summed E-state index contributed by atoms with van der Waals surface area (Å²) in [6.07, 6.45) is -0.260. The van der Waals surface area contributed by atoms with Gasteiger partial charge < -0.3 is 4.90 Å². The Hall–Kier alpha value is -1.64. The lowest BCUT2D eigenvalue weighted by atomic mass is 10.1. The Bertz CT molecular complexity index is 639. The first-order valence-corrected chi connectivity index (χ1v) is 7.10. The molecule has 1 unspecified atom stereocenters. The van der Waals surface area contributed by atoms with Crippen molar-refractivity contribution in [3.05, 3.63) is 29.6 Å². The molecule has 1 aliphatic heterocycles. The molecule has 0 aliphatic carbocycles. The Morgan fingerprint density at radius 3 is 2.25 bits per heavy atom. The van der Waals surface area contributed by atoms with Crippen LogP contribution in [0.1, 0.15) is 6.42 Å². The molecule has 1 saturated heterocycles. The molecule has 0 bridgehead atoms. The van der Waals surface area contributed by atoms with Crippen LogP contribution >= 0.6 is 0 Å². The molecule has 0 spiro atoms. The average molecular weight is 311 g/mol. The molecule has 9 heteroatoms. The normalized spacial score (nSPS) is 19.7. The fourth-order valence-corrected chi connectivity index (χ4v) is 2.91. The van der Waals surface area contributed by atoms with E-state index in [9.17, 15) is 30.3 Å². The highest BCUT2D eigenvalue weighted by atomic mass is 32.3. The summed E-state index contributed by atoms with van der Waals surface area (Å²) in [5.41, 5.74) is -0.231. The number of nitrogens with zero attached hydrogens (tertiary/aromatic N) is 1. The van der Waals surface area contributed by atoms with Gasteiger partial charge in [-0.25, -0.2) is 13.2 Å². The molecule has 4 nitrogen and oxygen atoms in total. The molecule has 1 amide bonds. The largest absolute Gasteiger partial charge is 0.312 e. The fourth-order valence-electron chi connectivity index (χ4n) is 2.12. The van der Waals surface area contributed by atoms with E-state index in [1.54, 1.807) is 0 Å². The molecule has 1 aliphatic rings. The zero-order valence-corrected chi connectivity index (χ0v) is 10.8. The summed E-state index contributed by atoms with van der Waals surface area (Å²) < 4.78 is 72.6. The van der Waals surface area contributed by atoms with Crippen LogP contribution in [0, 0.1) is 23.4 Å². The lowest BCUT2D eigenvalue weighted by Crippen LogP contribution is -2.25. The highest BCUT2D eigenvalue weighted by Gasteiger charge is 2.34. The topological polar surface area (TPSA) is 54.5 Å². The van der Waals surface area contributed by atoms with Gasteiger partial charge >= 0.3 is 10.2 Å². The molecule has 0 radical (unpaired) electrons. The minimum atomic E-state index is -4.75. The second-order valence-electron chi connectivity index (χ2n) is 4.50. The highest BCUT2D eigenvalue weighted by molar-refractivity contribution is 7.86. The van der Waals surface area contributed by atoms with E-state index in [1.807, 2.05) is 0 Å². The van der Waals surface area contributed by atoms with Crippen LogP contribution in [-0.4, -0.2) is 26.6 Å². The summed E-state index contributed by atoms with van der Waals surface area (Å²) in [6, 6.07) is 1.26. The van der Waals surface area contributed by atoms with Crippen LogP contribution < -0.4 is 4.90 Å². The number of carbonyl (C=O) groups is 1. The number of benzene rings is 1. The fraction of sp³-hybridized carbons (Fsp3) is 0.364. The molecule has 1 aromatic rings. The van der Waals surface area contributed by atoms with Gasteiger partial charge in [0.25, 0.3) is 0 Å². The molecule has 1 heterocycles. The molecule has 2 rings (SSSR count). The van der Waals surface area contributed by atoms with Gasteiger partial charge in [0, 0.05) is 36.7 Å². The van der Waals surface area contributed by atoms with E-state index >= 15 is 0 Å². The second-order valence-corrected chi connectivity index (χ2v) is 5.91. The highest BCUT2D eigenvalue weighted by Crippen LogP contribution is 2.28. The van der Waals surface area contributed by atoms with Gasteiger partial charge in [0.1, 0.15) is 0 Å². The molecular formula is C11H9F4NO3S. The van der Waals surface area contributed by atoms with Gasteiger partial charge in [0.15, 0.2) is 17.5 Å². The van der Waals surface area contributed by atoms with Crippen LogP contribution in [0.25, 0.3) is 0 Å². The van der Waals surface area contributed by atoms with Gasteiger partial charge in [-0.15, -0.1) is 3.89 Å². The Morgan fingerprint density at radius 2 is 1.75 bits per heavy atom. The summed E-state index contributed by atoms with van der Waals surface area (Å²) in [5, 5.41) is 0. The van der Waals surface area contributed by atoms with Crippen molar-refractivity contribution in [3.8, 4) is 0 Å². The Balaban J connectivity index is 2.24. The number of amides is 1. The molecule has 1 atom stereocenters. The number of carbonyl (C=O) groups excluding carboxylic acids is 1. The minimum Gasteiger partial charge on any atom is -0.312 e. The van der Waals surface area contributed by atoms with Crippen molar-refractivity contribution < 1.29 is 30.3 Å². The third-order valence-electron chi connectivity index (χ3n) is 2.92. The molecule has 1 aromatic carbocycles. The van der Waals surface area contributed by atoms with E-state index in [2.05, 4.69) is 0 Å². The molecule has 1 fully saturated rings. The van der Waals surface area contributed by atoms with Crippen LogP contribution in [0.5, 0.6) is 0 Å².